The van der Waals surface area contributed by atoms with Crippen molar-refractivity contribution in [1.29, 1.82) is 0 Å². The summed E-state index contributed by atoms with van der Waals surface area (Å²) < 4.78 is 12.2. The number of methoxy groups -OCH3 is 1. The first kappa shape index (κ1) is 24.6. The second kappa shape index (κ2) is 10.8. The fourth-order valence-electron chi connectivity index (χ4n) is 3.28. The van der Waals surface area contributed by atoms with E-state index in [4.69, 9.17) is 14.6 Å². The van der Waals surface area contributed by atoms with Gasteiger partial charge in [0.05, 0.1) is 27.7 Å². The van der Waals surface area contributed by atoms with Gasteiger partial charge in [-0.05, 0) is 81.3 Å². The number of carboxylic acids is 1. The normalized spacial score (nSPS) is 15.6. The highest BCUT2D eigenvalue weighted by Gasteiger charge is 2.30. The molecule has 1 fully saturated rings. The molecule has 0 unspecified atom stereocenters. The SMILES string of the molecule is COc1cc(/C=C2\SC(=Nc3ccc(C(=O)O)cc3)N(C)C2=O)cc(Br)c1OCc1ccccc1. The Morgan fingerprint density at radius 2 is 1.86 bits per heavy atom. The third-order valence-electron chi connectivity index (χ3n) is 5.12. The number of aliphatic imine (C=N–C) groups is 1. The number of halogens is 1. The van der Waals surface area contributed by atoms with Gasteiger partial charge in [-0.1, -0.05) is 30.3 Å². The van der Waals surface area contributed by atoms with E-state index in [-0.39, 0.29) is 11.5 Å². The molecule has 4 rings (SSSR count). The van der Waals surface area contributed by atoms with Gasteiger partial charge in [-0.15, -0.1) is 0 Å². The molecule has 0 spiro atoms. The minimum atomic E-state index is -1.00. The Hall–Kier alpha value is -3.56. The van der Waals surface area contributed by atoms with Gasteiger partial charge >= 0.3 is 5.97 Å². The summed E-state index contributed by atoms with van der Waals surface area (Å²) in [5.74, 6) is -0.0723. The van der Waals surface area contributed by atoms with Crippen molar-refractivity contribution in [2.75, 3.05) is 14.2 Å². The topological polar surface area (TPSA) is 88.4 Å². The molecule has 1 N–H and O–H groups in total. The molecular weight excluding hydrogens is 532 g/mol. The molecular formula is C26H21BrN2O5S. The van der Waals surface area contributed by atoms with Crippen molar-refractivity contribution in [2.24, 2.45) is 4.99 Å². The predicted octanol–water partition coefficient (Wildman–Crippen LogP) is 5.97. The number of nitrogens with zero attached hydrogens (tertiary/aromatic N) is 2. The van der Waals surface area contributed by atoms with Crippen LogP contribution in [0.2, 0.25) is 0 Å². The summed E-state index contributed by atoms with van der Waals surface area (Å²) >= 11 is 4.80. The van der Waals surface area contributed by atoms with E-state index >= 15 is 0 Å². The minimum absolute atomic E-state index is 0.175. The van der Waals surface area contributed by atoms with Gasteiger partial charge in [0.15, 0.2) is 16.7 Å². The summed E-state index contributed by atoms with van der Waals surface area (Å²) in [7, 11) is 3.22. The standard InChI is InChI=1S/C26H21BrN2O5S/c1-29-24(30)22(35-26(29)28-19-10-8-18(9-11-19)25(31)32)14-17-12-20(27)23(21(13-17)33-2)34-15-16-6-4-3-5-7-16/h3-14H,15H2,1-2H3,(H,31,32)/b22-14-,28-26?. The van der Waals surface area contributed by atoms with Crippen molar-refractivity contribution in [2.45, 2.75) is 6.61 Å². The smallest absolute Gasteiger partial charge is 0.335 e. The van der Waals surface area contributed by atoms with Crippen LogP contribution in [-0.4, -0.2) is 41.2 Å². The van der Waals surface area contributed by atoms with E-state index in [1.54, 1.807) is 32.4 Å². The zero-order valence-electron chi connectivity index (χ0n) is 18.9. The van der Waals surface area contributed by atoms with E-state index in [1.165, 1.54) is 28.8 Å². The molecule has 0 saturated carbocycles. The Kier molecular flexibility index (Phi) is 7.57. The monoisotopic (exact) mass is 552 g/mol. The molecule has 1 amide bonds. The average molecular weight is 553 g/mol. The van der Waals surface area contributed by atoms with Crippen LogP contribution in [0.15, 0.2) is 81.1 Å². The number of amides is 1. The fourth-order valence-corrected chi connectivity index (χ4v) is 4.85. The van der Waals surface area contributed by atoms with Gasteiger partial charge in [-0.25, -0.2) is 9.79 Å². The maximum absolute atomic E-state index is 12.8. The number of carboxylic acid groups (broad SMARTS) is 1. The van der Waals surface area contributed by atoms with E-state index in [1.807, 2.05) is 42.5 Å². The third-order valence-corrected chi connectivity index (χ3v) is 6.77. The van der Waals surface area contributed by atoms with Crippen molar-refractivity contribution in [3.8, 4) is 11.5 Å². The van der Waals surface area contributed by atoms with Crippen LogP contribution in [0, 0.1) is 0 Å². The largest absolute Gasteiger partial charge is 0.493 e. The lowest BCUT2D eigenvalue weighted by Gasteiger charge is -2.14. The molecule has 0 bridgehead atoms. The van der Waals surface area contributed by atoms with Crippen LogP contribution in [0.3, 0.4) is 0 Å². The van der Waals surface area contributed by atoms with E-state index in [9.17, 15) is 9.59 Å². The maximum Gasteiger partial charge on any atom is 0.335 e. The van der Waals surface area contributed by atoms with Crippen LogP contribution < -0.4 is 9.47 Å². The molecule has 0 aliphatic carbocycles. The number of carbonyl (C=O) groups excluding carboxylic acids is 1. The van der Waals surface area contributed by atoms with Gasteiger partial charge in [-0.3, -0.25) is 9.69 Å². The molecule has 3 aromatic rings. The Balaban J connectivity index is 1.56. The van der Waals surface area contributed by atoms with Crippen LogP contribution in [0.4, 0.5) is 5.69 Å². The Morgan fingerprint density at radius 1 is 1.14 bits per heavy atom. The second-order valence-corrected chi connectivity index (χ2v) is 9.39. The van der Waals surface area contributed by atoms with Gasteiger partial charge in [0.2, 0.25) is 0 Å². The lowest BCUT2D eigenvalue weighted by Crippen LogP contribution is -2.23. The number of carbonyl (C=O) groups is 2. The lowest BCUT2D eigenvalue weighted by molar-refractivity contribution is -0.121. The summed E-state index contributed by atoms with van der Waals surface area (Å²) in [4.78, 5) is 30.3. The number of amidine groups is 1. The highest BCUT2D eigenvalue weighted by molar-refractivity contribution is 9.10. The Bertz CT molecular complexity index is 1320. The Labute approximate surface area is 215 Å². The minimum Gasteiger partial charge on any atom is -0.493 e. The molecule has 0 radical (unpaired) electrons. The van der Waals surface area contributed by atoms with E-state index in [0.717, 1.165) is 11.1 Å². The zero-order chi connectivity index (χ0) is 24.9. The van der Waals surface area contributed by atoms with Crippen molar-refractivity contribution < 1.29 is 24.2 Å². The first-order valence-corrected chi connectivity index (χ1v) is 12.1. The number of likely N-dealkylation sites (N-methyl/N-ethyl adjacent to an activating group) is 1. The Morgan fingerprint density at radius 3 is 2.51 bits per heavy atom. The average Bonchev–Trinajstić information content (AvgIpc) is 3.11. The first-order chi connectivity index (χ1) is 16.9. The summed E-state index contributed by atoms with van der Waals surface area (Å²) in [5, 5.41) is 9.55. The van der Waals surface area contributed by atoms with Gasteiger partial charge in [0.1, 0.15) is 6.61 Å². The molecule has 1 heterocycles. The van der Waals surface area contributed by atoms with Gasteiger partial charge in [-0.2, -0.15) is 0 Å². The van der Waals surface area contributed by atoms with E-state index < -0.39 is 5.97 Å². The lowest BCUT2D eigenvalue weighted by atomic mass is 10.1. The molecule has 0 atom stereocenters. The molecule has 35 heavy (non-hydrogen) atoms. The predicted molar refractivity (Wildman–Crippen MR) is 140 cm³/mol. The summed E-state index contributed by atoms with van der Waals surface area (Å²) in [5.41, 5.74) is 2.53. The van der Waals surface area contributed by atoms with Crippen molar-refractivity contribution >= 4 is 56.5 Å². The number of thioether (sulfide) groups is 1. The van der Waals surface area contributed by atoms with Gasteiger partial charge < -0.3 is 14.6 Å². The number of benzene rings is 3. The fraction of sp³-hybridized carbons (Fsp3) is 0.115. The molecule has 178 valence electrons. The quantitative estimate of drug-likeness (QED) is 0.363. The molecule has 7 nitrogen and oxygen atoms in total. The highest BCUT2D eigenvalue weighted by atomic mass is 79.9. The van der Waals surface area contributed by atoms with E-state index in [2.05, 4.69) is 20.9 Å². The number of rotatable bonds is 7. The van der Waals surface area contributed by atoms with Crippen LogP contribution in [-0.2, 0) is 11.4 Å². The van der Waals surface area contributed by atoms with Crippen LogP contribution in [0.25, 0.3) is 6.08 Å². The van der Waals surface area contributed by atoms with Crippen LogP contribution in [0.5, 0.6) is 11.5 Å². The highest BCUT2D eigenvalue weighted by Crippen LogP contribution is 2.39. The molecule has 0 aromatic heterocycles. The number of hydrogen-bond acceptors (Lipinski definition) is 6. The number of ether oxygens (including phenoxy) is 2. The summed E-state index contributed by atoms with van der Waals surface area (Å²) in [6.45, 7) is 0.392. The second-order valence-electron chi connectivity index (χ2n) is 7.53. The third kappa shape index (κ3) is 5.75. The molecule has 1 aliphatic rings. The molecule has 1 aliphatic heterocycles. The molecule has 9 heteroatoms. The molecule has 3 aromatic carbocycles. The van der Waals surface area contributed by atoms with Crippen molar-refractivity contribution in [1.82, 2.24) is 4.90 Å². The first-order valence-electron chi connectivity index (χ1n) is 10.5. The number of aromatic carboxylic acids is 1. The summed E-state index contributed by atoms with van der Waals surface area (Å²) in [6, 6.07) is 19.7. The van der Waals surface area contributed by atoms with Crippen LogP contribution in [0.1, 0.15) is 21.5 Å². The van der Waals surface area contributed by atoms with Crippen molar-refractivity contribution in [3.05, 3.63) is 92.8 Å². The van der Waals surface area contributed by atoms with Gasteiger partial charge in [0.25, 0.3) is 5.91 Å². The summed E-state index contributed by atoms with van der Waals surface area (Å²) in [6.07, 6.45) is 1.77. The van der Waals surface area contributed by atoms with Gasteiger partial charge in [0, 0.05) is 7.05 Å². The van der Waals surface area contributed by atoms with Crippen molar-refractivity contribution in [3.63, 3.8) is 0 Å². The molecule has 1 saturated heterocycles. The van der Waals surface area contributed by atoms with Crippen LogP contribution >= 0.6 is 27.7 Å². The number of hydrogen-bond donors (Lipinski definition) is 1. The maximum atomic E-state index is 12.8. The van der Waals surface area contributed by atoms with E-state index in [0.29, 0.717) is 38.3 Å². The zero-order valence-corrected chi connectivity index (χ0v) is 21.3.